The molecule has 1 saturated heterocycles. The maximum absolute atomic E-state index is 13.5. The van der Waals surface area contributed by atoms with E-state index in [9.17, 15) is 13.2 Å². The number of amides is 2. The van der Waals surface area contributed by atoms with Crippen molar-refractivity contribution in [2.24, 2.45) is 11.8 Å². The van der Waals surface area contributed by atoms with Crippen molar-refractivity contribution in [3.8, 4) is 11.5 Å². The van der Waals surface area contributed by atoms with Gasteiger partial charge >= 0.3 is 6.03 Å². The SMILES string of the molecule is CS(=O)(=O)Nc1ccc(Oc2ccc(CN3CCC(NC(=O)N(CC4CCCCC4)CC4CCCCC4)CC3)cc2)cc1.Cl. The molecule has 0 unspecified atom stereocenters. The zero-order valence-electron chi connectivity index (χ0n) is 26.2. The second-order valence-electron chi connectivity index (χ2n) is 13.1. The van der Waals surface area contributed by atoms with Crippen molar-refractivity contribution >= 4 is 34.1 Å². The van der Waals surface area contributed by atoms with E-state index in [-0.39, 0.29) is 24.5 Å². The largest absolute Gasteiger partial charge is 0.457 e. The van der Waals surface area contributed by atoms with Gasteiger partial charge in [0.15, 0.2) is 0 Å². The molecule has 8 nitrogen and oxygen atoms in total. The van der Waals surface area contributed by atoms with E-state index in [1.54, 1.807) is 24.3 Å². The Hall–Kier alpha value is -2.49. The quantitative estimate of drug-likeness (QED) is 0.265. The van der Waals surface area contributed by atoms with Crippen LogP contribution in [0.5, 0.6) is 11.5 Å². The molecule has 2 amide bonds. The molecule has 2 aliphatic carbocycles. The first-order chi connectivity index (χ1) is 20.8. The summed E-state index contributed by atoms with van der Waals surface area (Å²) in [5, 5.41) is 3.44. The standard InChI is InChI=1S/C34H50N4O4S.ClH/c1-43(40,41)36-31-14-18-33(19-15-31)42-32-16-12-29(13-17-32)24-37-22-20-30(21-23-37)35-34(39)38(25-27-8-4-2-5-9-27)26-28-10-6-3-7-11-28;/h12-19,27-28,30,36H,2-11,20-26H2,1H3,(H,35,39);1H. The van der Waals surface area contributed by atoms with Crippen molar-refractivity contribution in [2.75, 3.05) is 37.2 Å². The van der Waals surface area contributed by atoms with Gasteiger partial charge in [0, 0.05) is 44.5 Å². The van der Waals surface area contributed by atoms with Gasteiger partial charge in [-0.05, 0) is 92.3 Å². The first-order valence-corrected chi connectivity index (χ1v) is 18.3. The molecule has 0 aromatic heterocycles. The van der Waals surface area contributed by atoms with Gasteiger partial charge in [-0.25, -0.2) is 13.2 Å². The van der Waals surface area contributed by atoms with Gasteiger partial charge in [-0.15, -0.1) is 12.4 Å². The lowest BCUT2D eigenvalue weighted by Crippen LogP contribution is -2.51. The highest BCUT2D eigenvalue weighted by molar-refractivity contribution is 7.92. The number of piperidine rings is 1. The molecule has 2 saturated carbocycles. The molecule has 44 heavy (non-hydrogen) atoms. The lowest BCUT2D eigenvalue weighted by atomic mass is 9.87. The predicted octanol–water partition coefficient (Wildman–Crippen LogP) is 7.41. The molecule has 0 radical (unpaired) electrons. The number of ether oxygens (including phenoxy) is 1. The monoisotopic (exact) mass is 646 g/mol. The average molecular weight is 647 g/mol. The maximum atomic E-state index is 13.5. The molecule has 0 spiro atoms. The first kappa shape index (κ1) is 34.4. The molecule has 5 rings (SSSR count). The highest BCUT2D eigenvalue weighted by Crippen LogP contribution is 2.29. The lowest BCUT2D eigenvalue weighted by molar-refractivity contribution is 0.144. The van der Waals surface area contributed by atoms with Crippen molar-refractivity contribution in [3.63, 3.8) is 0 Å². The van der Waals surface area contributed by atoms with Crippen LogP contribution in [-0.4, -0.2) is 62.7 Å². The number of anilines is 1. The Labute approximate surface area is 270 Å². The summed E-state index contributed by atoms with van der Waals surface area (Å²) >= 11 is 0. The first-order valence-electron chi connectivity index (χ1n) is 16.4. The van der Waals surface area contributed by atoms with E-state index < -0.39 is 10.0 Å². The Morgan fingerprint density at radius 2 is 1.30 bits per heavy atom. The molecule has 1 aliphatic heterocycles. The number of rotatable bonds is 11. The molecule has 0 bridgehead atoms. The van der Waals surface area contributed by atoms with Crippen molar-refractivity contribution in [1.82, 2.24) is 15.1 Å². The van der Waals surface area contributed by atoms with Gasteiger partial charge in [-0.1, -0.05) is 50.7 Å². The van der Waals surface area contributed by atoms with Crippen LogP contribution in [0.15, 0.2) is 48.5 Å². The minimum atomic E-state index is -3.30. The van der Waals surface area contributed by atoms with E-state index in [2.05, 4.69) is 32.0 Å². The summed E-state index contributed by atoms with van der Waals surface area (Å²) in [6.45, 7) is 4.70. The van der Waals surface area contributed by atoms with Gasteiger partial charge in [-0.2, -0.15) is 0 Å². The Bertz CT molecular complexity index is 1240. The Morgan fingerprint density at radius 1 is 0.795 bits per heavy atom. The van der Waals surface area contributed by atoms with Gasteiger partial charge in [0.1, 0.15) is 11.5 Å². The fraction of sp³-hybridized carbons (Fsp3) is 0.618. The molecule has 10 heteroatoms. The fourth-order valence-corrected chi connectivity index (χ4v) is 7.53. The van der Waals surface area contributed by atoms with Crippen LogP contribution in [0.3, 0.4) is 0 Å². The maximum Gasteiger partial charge on any atom is 0.317 e. The van der Waals surface area contributed by atoms with Crippen molar-refractivity contribution in [3.05, 3.63) is 54.1 Å². The van der Waals surface area contributed by atoms with Crippen molar-refractivity contribution < 1.29 is 17.9 Å². The summed E-state index contributed by atoms with van der Waals surface area (Å²) < 4.78 is 31.2. The molecule has 3 fully saturated rings. The normalized spacial score (nSPS) is 19.1. The predicted molar refractivity (Wildman–Crippen MR) is 180 cm³/mol. The molecule has 2 aromatic rings. The summed E-state index contributed by atoms with van der Waals surface area (Å²) in [5.74, 6) is 2.73. The highest BCUT2D eigenvalue weighted by atomic mass is 35.5. The summed E-state index contributed by atoms with van der Waals surface area (Å²) in [6.07, 6.45) is 16.2. The minimum Gasteiger partial charge on any atom is -0.457 e. The number of hydrogen-bond donors (Lipinski definition) is 2. The Balaban J connectivity index is 0.00000442. The number of benzene rings is 2. The van der Waals surface area contributed by atoms with E-state index in [0.29, 0.717) is 23.3 Å². The molecule has 1 heterocycles. The number of hydrogen-bond acceptors (Lipinski definition) is 5. The number of likely N-dealkylation sites (tertiary alicyclic amines) is 1. The van der Waals surface area contributed by atoms with Crippen LogP contribution in [0.25, 0.3) is 0 Å². The Kier molecular flexibility index (Phi) is 13.1. The molecule has 2 N–H and O–H groups in total. The summed E-state index contributed by atoms with van der Waals surface area (Å²) in [7, 11) is -3.30. The number of urea groups is 1. The zero-order chi connectivity index (χ0) is 30.1. The van der Waals surface area contributed by atoms with E-state index in [1.165, 1.54) is 69.8 Å². The third-order valence-electron chi connectivity index (χ3n) is 9.33. The average Bonchev–Trinajstić information content (AvgIpc) is 3.00. The van der Waals surface area contributed by atoms with Gasteiger partial charge in [-0.3, -0.25) is 9.62 Å². The van der Waals surface area contributed by atoms with Crippen molar-refractivity contribution in [2.45, 2.75) is 89.6 Å². The van der Waals surface area contributed by atoms with Crippen LogP contribution in [0, 0.1) is 11.8 Å². The van der Waals surface area contributed by atoms with Crippen LogP contribution in [0.2, 0.25) is 0 Å². The Morgan fingerprint density at radius 3 is 1.80 bits per heavy atom. The van der Waals surface area contributed by atoms with Gasteiger partial charge in [0.25, 0.3) is 0 Å². The number of halogens is 1. The number of carbonyl (C=O) groups excluding carboxylic acids is 1. The topological polar surface area (TPSA) is 91.0 Å². The number of nitrogens with one attached hydrogen (secondary N) is 2. The summed E-state index contributed by atoms with van der Waals surface area (Å²) in [5.41, 5.74) is 1.73. The third kappa shape index (κ3) is 11.1. The van der Waals surface area contributed by atoms with Gasteiger partial charge in [0.2, 0.25) is 10.0 Å². The second-order valence-corrected chi connectivity index (χ2v) is 14.8. The van der Waals surface area contributed by atoms with Gasteiger partial charge < -0.3 is 15.0 Å². The summed E-state index contributed by atoms with van der Waals surface area (Å²) in [6, 6.07) is 15.4. The van der Waals surface area contributed by atoms with E-state index in [0.717, 1.165) is 57.6 Å². The van der Waals surface area contributed by atoms with Crippen LogP contribution >= 0.6 is 12.4 Å². The molecule has 244 valence electrons. The number of carbonyl (C=O) groups is 1. The molecule has 3 aliphatic rings. The smallest absolute Gasteiger partial charge is 0.317 e. The molecule has 0 atom stereocenters. The molecular formula is C34H51ClN4O4S. The number of sulfonamides is 1. The second kappa shape index (κ2) is 16.7. The minimum absolute atomic E-state index is 0. The van der Waals surface area contributed by atoms with E-state index in [1.807, 2.05) is 12.1 Å². The van der Waals surface area contributed by atoms with Crippen LogP contribution in [-0.2, 0) is 16.6 Å². The van der Waals surface area contributed by atoms with Crippen LogP contribution < -0.4 is 14.8 Å². The van der Waals surface area contributed by atoms with E-state index >= 15 is 0 Å². The van der Waals surface area contributed by atoms with Crippen LogP contribution in [0.1, 0.15) is 82.6 Å². The molecule has 2 aromatic carbocycles. The summed E-state index contributed by atoms with van der Waals surface area (Å²) in [4.78, 5) is 18.2. The number of nitrogens with zero attached hydrogens (tertiary/aromatic N) is 2. The highest BCUT2D eigenvalue weighted by Gasteiger charge is 2.27. The van der Waals surface area contributed by atoms with E-state index in [4.69, 9.17) is 4.74 Å². The van der Waals surface area contributed by atoms with Crippen molar-refractivity contribution in [1.29, 1.82) is 0 Å². The fourth-order valence-electron chi connectivity index (χ4n) is 6.97. The third-order valence-corrected chi connectivity index (χ3v) is 9.94. The van der Waals surface area contributed by atoms with Gasteiger partial charge in [0.05, 0.1) is 6.26 Å². The zero-order valence-corrected chi connectivity index (χ0v) is 27.8. The molecular weight excluding hydrogens is 596 g/mol. The lowest BCUT2D eigenvalue weighted by Gasteiger charge is -2.36. The van der Waals surface area contributed by atoms with Crippen LogP contribution in [0.4, 0.5) is 10.5 Å².